The molecule has 2 amide bonds. The highest BCUT2D eigenvalue weighted by Crippen LogP contribution is 2.33. The van der Waals surface area contributed by atoms with E-state index in [-0.39, 0.29) is 18.3 Å². The summed E-state index contributed by atoms with van der Waals surface area (Å²) in [5, 5.41) is 16.5. The summed E-state index contributed by atoms with van der Waals surface area (Å²) in [6, 6.07) is 9.61. The molecule has 222 valence electrons. The number of nitrogens with zero attached hydrogens (tertiary/aromatic N) is 3. The zero-order valence-electron chi connectivity index (χ0n) is 22.7. The number of amides is 2. The number of ether oxygens (including phenoxy) is 2. The van der Waals surface area contributed by atoms with Crippen LogP contribution in [-0.2, 0) is 16.1 Å². The lowest BCUT2D eigenvalue weighted by Gasteiger charge is -2.27. The second-order valence-corrected chi connectivity index (χ2v) is 10.5. The van der Waals surface area contributed by atoms with Gasteiger partial charge in [-0.15, -0.1) is 0 Å². The van der Waals surface area contributed by atoms with Crippen molar-refractivity contribution >= 4 is 29.4 Å². The van der Waals surface area contributed by atoms with Crippen molar-refractivity contribution in [3.63, 3.8) is 0 Å². The van der Waals surface area contributed by atoms with E-state index in [0.29, 0.717) is 52.1 Å². The standard InChI is InChI=1S/C29H30ClF2N5O5/c1-16(17-3-2-4-21(11-17)42-28(31)32)34-26(39)24(15-38)37-14-19-6-5-18(12-22(19)27(37)40)25-23(30)13-33-29(36-25)35-20-7-9-41-10-8-20/h2-6,11-13,16,20,24,28,38H,7-10,14-15H2,1H3,(H,34,39)(H,33,35,36). The van der Waals surface area contributed by atoms with Gasteiger partial charge in [0.15, 0.2) is 0 Å². The van der Waals surface area contributed by atoms with Crippen LogP contribution in [0.4, 0.5) is 14.7 Å². The number of rotatable bonds is 10. The molecule has 5 rings (SSSR count). The van der Waals surface area contributed by atoms with Gasteiger partial charge in [-0.05, 0) is 49.1 Å². The number of nitrogens with one attached hydrogen (secondary N) is 2. The predicted octanol–water partition coefficient (Wildman–Crippen LogP) is 4.18. The molecular formula is C29H30ClF2N5O5. The Bertz CT molecular complexity index is 1460. The van der Waals surface area contributed by atoms with Crippen LogP contribution in [0.5, 0.6) is 5.75 Å². The fourth-order valence-corrected chi connectivity index (χ4v) is 5.26. The van der Waals surface area contributed by atoms with E-state index >= 15 is 0 Å². The molecule has 1 aromatic heterocycles. The van der Waals surface area contributed by atoms with Gasteiger partial charge in [-0.25, -0.2) is 9.97 Å². The minimum Gasteiger partial charge on any atom is -0.435 e. The lowest BCUT2D eigenvalue weighted by atomic mass is 10.0. The van der Waals surface area contributed by atoms with E-state index in [1.165, 1.54) is 29.3 Å². The molecule has 2 aliphatic heterocycles. The van der Waals surface area contributed by atoms with Gasteiger partial charge in [0.25, 0.3) is 5.91 Å². The molecule has 2 unspecified atom stereocenters. The third-order valence-electron chi connectivity index (χ3n) is 7.31. The van der Waals surface area contributed by atoms with Gasteiger partial charge in [-0.2, -0.15) is 8.78 Å². The first kappa shape index (κ1) is 29.6. The highest BCUT2D eigenvalue weighted by atomic mass is 35.5. The van der Waals surface area contributed by atoms with Crippen LogP contribution < -0.4 is 15.4 Å². The molecule has 1 fully saturated rings. The number of halogens is 3. The highest BCUT2D eigenvalue weighted by Gasteiger charge is 2.37. The molecule has 0 bridgehead atoms. The number of hydrogen-bond donors (Lipinski definition) is 3. The Morgan fingerprint density at radius 3 is 2.76 bits per heavy atom. The molecule has 0 aliphatic carbocycles. The zero-order valence-corrected chi connectivity index (χ0v) is 23.5. The summed E-state index contributed by atoms with van der Waals surface area (Å²) >= 11 is 6.44. The Morgan fingerprint density at radius 1 is 1.24 bits per heavy atom. The highest BCUT2D eigenvalue weighted by molar-refractivity contribution is 6.33. The summed E-state index contributed by atoms with van der Waals surface area (Å²) in [6.07, 6.45) is 3.18. The molecule has 1 saturated heterocycles. The fourth-order valence-electron chi connectivity index (χ4n) is 5.06. The largest absolute Gasteiger partial charge is 0.435 e. The first-order chi connectivity index (χ1) is 20.2. The van der Waals surface area contributed by atoms with Crippen LogP contribution in [0.15, 0.2) is 48.7 Å². The summed E-state index contributed by atoms with van der Waals surface area (Å²) in [6.45, 7) is -0.482. The van der Waals surface area contributed by atoms with Gasteiger partial charge in [0.05, 0.1) is 29.6 Å². The maximum Gasteiger partial charge on any atom is 0.387 e. The average Bonchev–Trinajstić information content (AvgIpc) is 3.30. The third kappa shape index (κ3) is 6.61. The number of aromatic nitrogens is 2. The van der Waals surface area contributed by atoms with Gasteiger partial charge in [-0.1, -0.05) is 35.9 Å². The Balaban J connectivity index is 1.30. The number of aliphatic hydroxyl groups is 1. The van der Waals surface area contributed by atoms with Crippen molar-refractivity contribution in [1.82, 2.24) is 20.2 Å². The number of hydrogen-bond acceptors (Lipinski definition) is 8. The second kappa shape index (κ2) is 13.0. The lowest BCUT2D eigenvalue weighted by Crippen LogP contribution is -2.49. The molecule has 13 heteroatoms. The predicted molar refractivity (Wildman–Crippen MR) is 150 cm³/mol. The van der Waals surface area contributed by atoms with E-state index in [0.717, 1.165) is 12.8 Å². The van der Waals surface area contributed by atoms with Crippen molar-refractivity contribution in [2.75, 3.05) is 25.1 Å². The van der Waals surface area contributed by atoms with Crippen molar-refractivity contribution in [2.45, 2.75) is 51.0 Å². The van der Waals surface area contributed by atoms with Crippen LogP contribution >= 0.6 is 11.6 Å². The van der Waals surface area contributed by atoms with Crippen molar-refractivity contribution < 1.29 is 33.0 Å². The van der Waals surface area contributed by atoms with Gasteiger partial charge >= 0.3 is 6.61 Å². The monoisotopic (exact) mass is 601 g/mol. The van der Waals surface area contributed by atoms with Crippen LogP contribution in [0.2, 0.25) is 5.02 Å². The molecule has 2 aliphatic rings. The van der Waals surface area contributed by atoms with E-state index in [1.807, 2.05) is 0 Å². The minimum atomic E-state index is -2.98. The average molecular weight is 602 g/mol. The molecular weight excluding hydrogens is 572 g/mol. The number of aliphatic hydroxyl groups excluding tert-OH is 1. The van der Waals surface area contributed by atoms with Crippen molar-refractivity contribution in [3.8, 4) is 17.0 Å². The molecule has 2 atom stereocenters. The maximum atomic E-state index is 13.5. The van der Waals surface area contributed by atoms with E-state index < -0.39 is 37.1 Å². The second-order valence-electron chi connectivity index (χ2n) is 10.1. The molecule has 0 saturated carbocycles. The molecule has 2 aromatic carbocycles. The van der Waals surface area contributed by atoms with Crippen LogP contribution in [-0.4, -0.2) is 70.3 Å². The van der Waals surface area contributed by atoms with Gasteiger partial charge < -0.3 is 30.1 Å². The molecule has 3 aromatic rings. The maximum absolute atomic E-state index is 13.5. The van der Waals surface area contributed by atoms with Crippen molar-refractivity contribution in [2.24, 2.45) is 0 Å². The van der Waals surface area contributed by atoms with Crippen LogP contribution in [0.3, 0.4) is 0 Å². The molecule has 0 spiro atoms. The van der Waals surface area contributed by atoms with Crippen molar-refractivity contribution in [3.05, 3.63) is 70.4 Å². The molecule has 0 radical (unpaired) electrons. The summed E-state index contributed by atoms with van der Waals surface area (Å²) in [5.41, 5.74) is 2.64. The quantitative estimate of drug-likeness (QED) is 0.316. The number of anilines is 1. The molecule has 10 nitrogen and oxygen atoms in total. The minimum absolute atomic E-state index is 0.0430. The SMILES string of the molecule is CC(NC(=O)C(CO)N1Cc2ccc(-c3nc(NC4CCOCC4)ncc3Cl)cc2C1=O)c1cccc(OC(F)F)c1. The van der Waals surface area contributed by atoms with E-state index in [9.17, 15) is 23.5 Å². The Kier molecular flexibility index (Phi) is 9.15. The van der Waals surface area contributed by atoms with Gasteiger partial charge in [0.2, 0.25) is 11.9 Å². The van der Waals surface area contributed by atoms with Crippen LogP contribution in [0, 0.1) is 0 Å². The van der Waals surface area contributed by atoms with Gasteiger partial charge in [-0.3, -0.25) is 9.59 Å². The summed E-state index contributed by atoms with van der Waals surface area (Å²) in [7, 11) is 0. The molecule has 42 heavy (non-hydrogen) atoms. The fraction of sp³-hybridized carbons (Fsp3) is 0.379. The number of alkyl halides is 2. The molecule has 3 N–H and O–H groups in total. The van der Waals surface area contributed by atoms with Crippen LogP contribution in [0.1, 0.15) is 47.3 Å². The summed E-state index contributed by atoms with van der Waals surface area (Å²) in [5.74, 6) is -0.633. The normalized spacial score (nSPS) is 16.7. The van der Waals surface area contributed by atoms with Gasteiger partial charge in [0, 0.05) is 36.9 Å². The van der Waals surface area contributed by atoms with E-state index in [2.05, 4.69) is 25.3 Å². The topological polar surface area (TPSA) is 126 Å². The number of carbonyl (C=O) groups excluding carboxylic acids is 2. The zero-order chi connectivity index (χ0) is 29.8. The van der Waals surface area contributed by atoms with E-state index in [4.69, 9.17) is 16.3 Å². The Morgan fingerprint density at radius 2 is 2.02 bits per heavy atom. The summed E-state index contributed by atoms with van der Waals surface area (Å²) < 4.78 is 35.0. The number of benzene rings is 2. The molecule has 3 heterocycles. The van der Waals surface area contributed by atoms with E-state index in [1.54, 1.807) is 31.2 Å². The number of carbonyl (C=O) groups is 2. The van der Waals surface area contributed by atoms with Gasteiger partial charge in [0.1, 0.15) is 11.8 Å². The smallest absolute Gasteiger partial charge is 0.387 e. The number of fused-ring (bicyclic) bond motifs is 1. The Hall–Kier alpha value is -3.87. The van der Waals surface area contributed by atoms with Crippen molar-refractivity contribution in [1.29, 1.82) is 0 Å². The third-order valence-corrected chi connectivity index (χ3v) is 7.58. The Labute approximate surface area is 246 Å². The lowest BCUT2D eigenvalue weighted by molar-refractivity contribution is -0.127. The first-order valence-electron chi connectivity index (χ1n) is 13.5. The summed E-state index contributed by atoms with van der Waals surface area (Å²) in [4.78, 5) is 36.8. The van der Waals surface area contributed by atoms with Crippen LogP contribution in [0.25, 0.3) is 11.3 Å². The first-order valence-corrected chi connectivity index (χ1v) is 13.9.